The number of nitrogens with one attached hydrogen (secondary N) is 1. The van der Waals surface area contributed by atoms with Gasteiger partial charge in [-0.1, -0.05) is 35.9 Å². The average molecular weight is 309 g/mol. The third-order valence-corrected chi connectivity index (χ3v) is 4.11. The minimum absolute atomic E-state index is 0.121. The van der Waals surface area contributed by atoms with E-state index in [4.69, 9.17) is 22.7 Å². The second kappa shape index (κ2) is 6.77. The number of nitrogens with two attached hydrogens (primary N) is 1. The number of hydrogen-bond donors (Lipinski definition) is 2. The maximum atomic E-state index is 13.8. The molecule has 0 atom stereocenters. The van der Waals surface area contributed by atoms with Gasteiger partial charge in [0.1, 0.15) is 11.7 Å². The lowest BCUT2D eigenvalue weighted by Gasteiger charge is -2.06. The molecule has 5 heteroatoms. The molecule has 0 bridgehead atoms. The van der Waals surface area contributed by atoms with Gasteiger partial charge in [-0.05, 0) is 29.3 Å². The third kappa shape index (κ3) is 3.99. The summed E-state index contributed by atoms with van der Waals surface area (Å²) in [6.45, 7) is 0. The highest BCUT2D eigenvalue weighted by Gasteiger charge is 2.05. The molecule has 0 saturated carbocycles. The minimum Gasteiger partial charge on any atom is -0.384 e. The van der Waals surface area contributed by atoms with Crippen LogP contribution in [0.2, 0.25) is 5.02 Å². The topological polar surface area (TPSA) is 49.9 Å². The second-order valence-electron chi connectivity index (χ2n) is 4.34. The summed E-state index contributed by atoms with van der Waals surface area (Å²) in [7, 11) is 0. The first-order chi connectivity index (χ1) is 9.56. The molecule has 0 spiro atoms. The molecule has 0 unspecified atom stereocenters. The molecule has 2 aromatic rings. The number of benzene rings is 2. The summed E-state index contributed by atoms with van der Waals surface area (Å²) in [5.74, 6) is 0.933. The van der Waals surface area contributed by atoms with E-state index in [2.05, 4.69) is 0 Å². The van der Waals surface area contributed by atoms with E-state index < -0.39 is 0 Å². The third-order valence-electron chi connectivity index (χ3n) is 2.80. The quantitative estimate of drug-likeness (QED) is 0.642. The molecule has 0 aliphatic rings. The zero-order chi connectivity index (χ0) is 14.5. The van der Waals surface area contributed by atoms with Crippen molar-refractivity contribution in [1.29, 1.82) is 5.41 Å². The number of hydrogen-bond acceptors (Lipinski definition) is 2. The number of nitrogen functional groups attached to an aromatic ring is 1. The van der Waals surface area contributed by atoms with Crippen molar-refractivity contribution in [1.82, 2.24) is 0 Å². The molecule has 0 heterocycles. The van der Waals surface area contributed by atoms with Crippen molar-refractivity contribution < 1.29 is 4.39 Å². The Hall–Kier alpha value is -1.52. The highest BCUT2D eigenvalue weighted by molar-refractivity contribution is 7.97. The lowest BCUT2D eigenvalue weighted by molar-refractivity contribution is 0.617. The fourth-order valence-electron chi connectivity index (χ4n) is 1.69. The minimum atomic E-state index is -0.318. The lowest BCUT2D eigenvalue weighted by Crippen LogP contribution is -2.11. The van der Waals surface area contributed by atoms with Gasteiger partial charge in [-0.15, -0.1) is 0 Å². The van der Waals surface area contributed by atoms with Crippen molar-refractivity contribution in [3.05, 3.63) is 70.0 Å². The molecule has 2 aromatic carbocycles. The first kappa shape index (κ1) is 14.9. The Kier molecular flexibility index (Phi) is 5.04. The monoisotopic (exact) mass is 308 g/mol. The molecule has 0 aromatic heterocycles. The highest BCUT2D eigenvalue weighted by atomic mass is 35.5. The SMILES string of the molecule is N=C(N)c1ccc(CSCc2ccc(Cl)cc2)c(F)c1. The Morgan fingerprint density at radius 1 is 1.15 bits per heavy atom. The number of thioether (sulfide) groups is 1. The van der Waals surface area contributed by atoms with Gasteiger partial charge in [0, 0.05) is 22.1 Å². The van der Waals surface area contributed by atoms with Crippen molar-refractivity contribution in [2.24, 2.45) is 5.73 Å². The van der Waals surface area contributed by atoms with Gasteiger partial charge in [-0.3, -0.25) is 5.41 Å². The van der Waals surface area contributed by atoms with Gasteiger partial charge < -0.3 is 5.73 Å². The fraction of sp³-hybridized carbons (Fsp3) is 0.133. The molecular weight excluding hydrogens is 295 g/mol. The maximum Gasteiger partial charge on any atom is 0.127 e. The Balaban J connectivity index is 1.94. The van der Waals surface area contributed by atoms with Crippen LogP contribution < -0.4 is 5.73 Å². The first-order valence-corrected chi connectivity index (χ1v) is 7.54. The summed E-state index contributed by atoms with van der Waals surface area (Å²) in [6, 6.07) is 12.3. The average Bonchev–Trinajstić information content (AvgIpc) is 2.42. The van der Waals surface area contributed by atoms with Gasteiger partial charge in [-0.25, -0.2) is 4.39 Å². The molecule has 0 aliphatic heterocycles. The van der Waals surface area contributed by atoms with E-state index in [1.165, 1.54) is 6.07 Å². The van der Waals surface area contributed by atoms with Crippen molar-refractivity contribution in [3.8, 4) is 0 Å². The summed E-state index contributed by atoms with van der Waals surface area (Å²) in [6.07, 6.45) is 0. The van der Waals surface area contributed by atoms with Gasteiger partial charge >= 0.3 is 0 Å². The molecule has 0 aliphatic carbocycles. The molecule has 104 valence electrons. The summed E-state index contributed by atoms with van der Waals surface area (Å²) in [5.41, 5.74) is 7.51. The Morgan fingerprint density at radius 3 is 2.45 bits per heavy atom. The highest BCUT2D eigenvalue weighted by Crippen LogP contribution is 2.21. The van der Waals surface area contributed by atoms with Crippen LogP contribution in [0.25, 0.3) is 0 Å². The van der Waals surface area contributed by atoms with Gasteiger partial charge in [0.2, 0.25) is 0 Å². The molecule has 0 saturated heterocycles. The van der Waals surface area contributed by atoms with Crippen LogP contribution in [0.4, 0.5) is 4.39 Å². The van der Waals surface area contributed by atoms with E-state index in [-0.39, 0.29) is 11.7 Å². The van der Waals surface area contributed by atoms with E-state index in [0.29, 0.717) is 21.9 Å². The van der Waals surface area contributed by atoms with Crippen molar-refractivity contribution in [2.45, 2.75) is 11.5 Å². The predicted octanol–water partition coefficient (Wildman–Crippen LogP) is 4.20. The largest absolute Gasteiger partial charge is 0.384 e. The molecule has 2 rings (SSSR count). The second-order valence-corrected chi connectivity index (χ2v) is 5.76. The van der Waals surface area contributed by atoms with Crippen molar-refractivity contribution in [2.75, 3.05) is 0 Å². The summed E-state index contributed by atoms with van der Waals surface area (Å²) in [5, 5.41) is 7.98. The number of halogens is 2. The van der Waals surface area contributed by atoms with E-state index in [1.807, 2.05) is 24.3 Å². The van der Waals surface area contributed by atoms with Crippen LogP contribution in [0, 0.1) is 11.2 Å². The summed E-state index contributed by atoms with van der Waals surface area (Å²) < 4.78 is 13.8. The number of amidine groups is 1. The van der Waals surface area contributed by atoms with Crippen molar-refractivity contribution in [3.63, 3.8) is 0 Å². The first-order valence-electron chi connectivity index (χ1n) is 6.01. The predicted molar refractivity (Wildman–Crippen MR) is 83.9 cm³/mol. The summed E-state index contributed by atoms with van der Waals surface area (Å²) in [4.78, 5) is 0. The van der Waals surface area contributed by atoms with Crippen LogP contribution >= 0.6 is 23.4 Å². The van der Waals surface area contributed by atoms with Crippen LogP contribution in [0.3, 0.4) is 0 Å². The van der Waals surface area contributed by atoms with E-state index in [1.54, 1.807) is 23.9 Å². The molecule has 20 heavy (non-hydrogen) atoms. The Morgan fingerprint density at radius 2 is 1.85 bits per heavy atom. The van der Waals surface area contributed by atoms with E-state index in [0.717, 1.165) is 11.3 Å². The fourth-order valence-corrected chi connectivity index (χ4v) is 2.80. The Labute approximate surface area is 126 Å². The molecule has 0 fully saturated rings. The molecule has 0 amide bonds. The zero-order valence-electron chi connectivity index (χ0n) is 10.7. The summed E-state index contributed by atoms with van der Waals surface area (Å²) >= 11 is 7.44. The molecule has 2 nitrogen and oxygen atoms in total. The molecular formula is C15H14ClFN2S. The van der Waals surface area contributed by atoms with Crippen LogP contribution in [-0.4, -0.2) is 5.84 Å². The maximum absolute atomic E-state index is 13.8. The van der Waals surface area contributed by atoms with Gasteiger partial charge in [0.05, 0.1) is 0 Å². The lowest BCUT2D eigenvalue weighted by atomic mass is 10.1. The molecule has 3 N–H and O–H groups in total. The van der Waals surface area contributed by atoms with E-state index in [9.17, 15) is 4.39 Å². The Bertz CT molecular complexity index is 614. The van der Waals surface area contributed by atoms with Crippen LogP contribution in [0.1, 0.15) is 16.7 Å². The normalized spacial score (nSPS) is 10.5. The van der Waals surface area contributed by atoms with Crippen LogP contribution in [0.15, 0.2) is 42.5 Å². The molecule has 0 radical (unpaired) electrons. The van der Waals surface area contributed by atoms with Crippen LogP contribution in [-0.2, 0) is 11.5 Å². The van der Waals surface area contributed by atoms with Gasteiger partial charge in [-0.2, -0.15) is 11.8 Å². The van der Waals surface area contributed by atoms with E-state index >= 15 is 0 Å². The van der Waals surface area contributed by atoms with Gasteiger partial charge in [0.15, 0.2) is 0 Å². The zero-order valence-corrected chi connectivity index (χ0v) is 12.3. The van der Waals surface area contributed by atoms with Crippen molar-refractivity contribution >= 4 is 29.2 Å². The smallest absolute Gasteiger partial charge is 0.127 e. The van der Waals surface area contributed by atoms with Gasteiger partial charge in [0.25, 0.3) is 0 Å². The number of rotatable bonds is 5. The van der Waals surface area contributed by atoms with Crippen LogP contribution in [0.5, 0.6) is 0 Å². The standard InChI is InChI=1S/C15H14ClFN2S/c16-13-5-1-10(2-6-13)8-20-9-12-4-3-11(15(18)19)7-14(12)17/h1-7H,8-9H2,(H3,18,19).